The lowest BCUT2D eigenvalue weighted by Crippen LogP contribution is -2.37. The average Bonchev–Trinajstić information content (AvgIpc) is 2.75. The van der Waals surface area contributed by atoms with Gasteiger partial charge in [0.15, 0.2) is 11.5 Å². The number of carbonyl (C=O) groups excluding carboxylic acids is 1. The molecule has 1 amide bonds. The standard InChI is InChI=1S/C23H35N3O5/c1-5-9-10-16(6-2)15-24-21(27)11-12-26-22(28)17-13-19(30-7-3)20(31-8-4)14-18(17)25-23(26)29/h13-14,16H,5-12,15H2,1-4H3,(H,24,27)(H,25,29)/t16-/m1/s1. The second-order valence-corrected chi connectivity index (χ2v) is 7.57. The van der Waals surface area contributed by atoms with Crippen molar-refractivity contribution in [2.75, 3.05) is 19.8 Å². The van der Waals surface area contributed by atoms with Crippen molar-refractivity contribution in [3.63, 3.8) is 0 Å². The predicted octanol–water partition coefficient (Wildman–Crippen LogP) is 3.21. The van der Waals surface area contributed by atoms with Crippen molar-refractivity contribution in [1.82, 2.24) is 14.9 Å². The van der Waals surface area contributed by atoms with E-state index in [2.05, 4.69) is 24.1 Å². The number of aromatic amines is 1. The lowest BCUT2D eigenvalue weighted by Gasteiger charge is -2.15. The molecule has 0 saturated carbocycles. The van der Waals surface area contributed by atoms with Gasteiger partial charge in [-0.05, 0) is 32.3 Å². The van der Waals surface area contributed by atoms with Crippen LogP contribution in [0.2, 0.25) is 0 Å². The summed E-state index contributed by atoms with van der Waals surface area (Å²) >= 11 is 0. The second-order valence-electron chi connectivity index (χ2n) is 7.57. The van der Waals surface area contributed by atoms with Crippen LogP contribution in [0.1, 0.15) is 59.8 Å². The molecule has 0 aliphatic carbocycles. The zero-order chi connectivity index (χ0) is 22.8. The average molecular weight is 434 g/mol. The van der Waals surface area contributed by atoms with E-state index in [9.17, 15) is 14.4 Å². The first-order valence-electron chi connectivity index (χ1n) is 11.3. The predicted molar refractivity (Wildman–Crippen MR) is 122 cm³/mol. The fraction of sp³-hybridized carbons (Fsp3) is 0.609. The fourth-order valence-corrected chi connectivity index (χ4v) is 3.50. The molecule has 0 radical (unpaired) electrons. The van der Waals surface area contributed by atoms with Crippen LogP contribution in [0.3, 0.4) is 0 Å². The minimum atomic E-state index is -0.550. The van der Waals surface area contributed by atoms with E-state index in [-0.39, 0.29) is 18.9 Å². The molecule has 0 aliphatic heterocycles. The van der Waals surface area contributed by atoms with E-state index in [1.54, 1.807) is 12.1 Å². The van der Waals surface area contributed by atoms with Crippen LogP contribution >= 0.6 is 0 Å². The van der Waals surface area contributed by atoms with Crippen LogP contribution < -0.4 is 26.0 Å². The van der Waals surface area contributed by atoms with Crippen LogP contribution in [0.25, 0.3) is 10.9 Å². The van der Waals surface area contributed by atoms with E-state index in [0.29, 0.717) is 48.1 Å². The lowest BCUT2D eigenvalue weighted by atomic mass is 9.99. The SMILES string of the molecule is CCCC[C@@H](CC)CNC(=O)CCn1c(=O)[nH]c2cc(OCC)c(OCC)cc2c1=O. The molecule has 2 aromatic rings. The molecule has 0 saturated heterocycles. The number of rotatable bonds is 13. The first-order valence-corrected chi connectivity index (χ1v) is 11.3. The molecule has 2 rings (SSSR count). The summed E-state index contributed by atoms with van der Waals surface area (Å²) in [5.74, 6) is 1.20. The van der Waals surface area contributed by atoms with Crippen molar-refractivity contribution in [1.29, 1.82) is 0 Å². The summed E-state index contributed by atoms with van der Waals surface area (Å²) in [5, 5.41) is 3.25. The van der Waals surface area contributed by atoms with E-state index < -0.39 is 11.2 Å². The molecule has 1 atom stereocenters. The highest BCUT2D eigenvalue weighted by Crippen LogP contribution is 2.30. The third-order valence-corrected chi connectivity index (χ3v) is 5.34. The third kappa shape index (κ3) is 6.60. The van der Waals surface area contributed by atoms with Gasteiger partial charge in [-0.3, -0.25) is 14.2 Å². The number of unbranched alkanes of at least 4 members (excludes halogenated alkanes) is 1. The van der Waals surface area contributed by atoms with E-state index in [1.165, 1.54) is 0 Å². The Morgan fingerprint density at radius 1 is 1.10 bits per heavy atom. The Kier molecular flexibility index (Phi) is 9.62. The Labute approximate surface area is 182 Å². The highest BCUT2D eigenvalue weighted by molar-refractivity contribution is 5.81. The number of nitrogens with one attached hydrogen (secondary N) is 2. The van der Waals surface area contributed by atoms with Gasteiger partial charge in [-0.1, -0.05) is 33.1 Å². The van der Waals surface area contributed by atoms with Gasteiger partial charge in [0.1, 0.15) is 0 Å². The normalized spacial score (nSPS) is 12.0. The third-order valence-electron chi connectivity index (χ3n) is 5.34. The van der Waals surface area contributed by atoms with Crippen molar-refractivity contribution in [2.45, 2.75) is 66.3 Å². The largest absolute Gasteiger partial charge is 0.490 e. The molecule has 8 heteroatoms. The molecule has 2 N–H and O–H groups in total. The highest BCUT2D eigenvalue weighted by Gasteiger charge is 2.15. The Morgan fingerprint density at radius 3 is 2.39 bits per heavy atom. The number of fused-ring (bicyclic) bond motifs is 1. The van der Waals surface area contributed by atoms with Crippen LogP contribution in [0.15, 0.2) is 21.7 Å². The van der Waals surface area contributed by atoms with Gasteiger partial charge in [0.25, 0.3) is 5.56 Å². The van der Waals surface area contributed by atoms with Crippen LogP contribution in [0, 0.1) is 5.92 Å². The minimum Gasteiger partial charge on any atom is -0.490 e. The maximum atomic E-state index is 12.9. The monoisotopic (exact) mass is 433 g/mol. The van der Waals surface area contributed by atoms with Gasteiger partial charge in [0.2, 0.25) is 5.91 Å². The van der Waals surface area contributed by atoms with Gasteiger partial charge in [-0.2, -0.15) is 0 Å². The summed E-state index contributed by atoms with van der Waals surface area (Å²) < 4.78 is 12.2. The molecule has 0 aliphatic rings. The van der Waals surface area contributed by atoms with Crippen molar-refractivity contribution in [3.8, 4) is 11.5 Å². The summed E-state index contributed by atoms with van der Waals surface area (Å²) in [4.78, 5) is 40.4. The molecule has 0 unspecified atom stereocenters. The number of benzene rings is 1. The van der Waals surface area contributed by atoms with Crippen molar-refractivity contribution in [2.24, 2.45) is 5.92 Å². The first kappa shape index (κ1) is 24.5. The number of hydrogen-bond acceptors (Lipinski definition) is 5. The van der Waals surface area contributed by atoms with Crippen molar-refractivity contribution in [3.05, 3.63) is 33.0 Å². The number of amides is 1. The van der Waals surface area contributed by atoms with E-state index in [0.717, 1.165) is 30.3 Å². The molecule has 31 heavy (non-hydrogen) atoms. The summed E-state index contributed by atoms with van der Waals surface area (Å²) in [6.07, 6.45) is 4.44. The Morgan fingerprint density at radius 2 is 1.77 bits per heavy atom. The lowest BCUT2D eigenvalue weighted by molar-refractivity contribution is -0.121. The van der Waals surface area contributed by atoms with E-state index >= 15 is 0 Å². The summed E-state index contributed by atoms with van der Waals surface area (Å²) in [6.45, 7) is 9.44. The number of carbonyl (C=O) groups is 1. The van der Waals surface area contributed by atoms with Crippen LogP contribution in [-0.4, -0.2) is 35.2 Å². The quantitative estimate of drug-likeness (QED) is 0.505. The molecule has 0 spiro atoms. The second kappa shape index (κ2) is 12.2. The van der Waals surface area contributed by atoms with Crippen molar-refractivity contribution >= 4 is 16.8 Å². The number of aromatic nitrogens is 2. The fourth-order valence-electron chi connectivity index (χ4n) is 3.50. The van der Waals surface area contributed by atoms with Gasteiger partial charge in [-0.15, -0.1) is 0 Å². The van der Waals surface area contributed by atoms with Crippen LogP contribution in [0.4, 0.5) is 0 Å². The molecule has 1 heterocycles. The van der Waals surface area contributed by atoms with Gasteiger partial charge in [0, 0.05) is 25.6 Å². The summed E-state index contributed by atoms with van der Waals surface area (Å²) in [6, 6.07) is 3.18. The molecule has 1 aromatic heterocycles. The van der Waals surface area contributed by atoms with Crippen LogP contribution in [-0.2, 0) is 11.3 Å². The molecule has 8 nitrogen and oxygen atoms in total. The van der Waals surface area contributed by atoms with Gasteiger partial charge in [-0.25, -0.2) is 4.79 Å². The van der Waals surface area contributed by atoms with Gasteiger partial charge in [0.05, 0.1) is 24.1 Å². The highest BCUT2D eigenvalue weighted by atomic mass is 16.5. The number of hydrogen-bond donors (Lipinski definition) is 2. The minimum absolute atomic E-state index is 0.0128. The van der Waals surface area contributed by atoms with Gasteiger partial charge < -0.3 is 19.8 Å². The molecule has 1 aromatic carbocycles. The Hall–Kier alpha value is -2.77. The molecular weight excluding hydrogens is 398 g/mol. The molecule has 0 fully saturated rings. The summed E-state index contributed by atoms with van der Waals surface area (Å²) in [7, 11) is 0. The number of nitrogens with zero attached hydrogens (tertiary/aromatic N) is 1. The first-order chi connectivity index (χ1) is 14.9. The maximum Gasteiger partial charge on any atom is 0.328 e. The molecular formula is C23H35N3O5. The zero-order valence-electron chi connectivity index (χ0n) is 19.1. The molecule has 0 bridgehead atoms. The zero-order valence-corrected chi connectivity index (χ0v) is 19.1. The number of ether oxygens (including phenoxy) is 2. The molecule has 172 valence electrons. The van der Waals surface area contributed by atoms with E-state index in [4.69, 9.17) is 9.47 Å². The topological polar surface area (TPSA) is 102 Å². The smallest absolute Gasteiger partial charge is 0.328 e. The Bertz CT molecular complexity index is 980. The van der Waals surface area contributed by atoms with Gasteiger partial charge >= 0.3 is 5.69 Å². The summed E-state index contributed by atoms with van der Waals surface area (Å²) in [5.41, 5.74) is -0.625. The maximum absolute atomic E-state index is 12.9. The van der Waals surface area contributed by atoms with Crippen molar-refractivity contribution < 1.29 is 14.3 Å². The number of H-pyrrole nitrogens is 1. The van der Waals surface area contributed by atoms with E-state index in [1.807, 2.05) is 13.8 Å². The Balaban J connectivity index is 2.16. The van der Waals surface area contributed by atoms with Crippen LogP contribution in [0.5, 0.6) is 11.5 Å².